The average molecular weight is 395 g/mol. The lowest BCUT2D eigenvalue weighted by Crippen LogP contribution is -2.44. The van der Waals surface area contributed by atoms with Gasteiger partial charge in [-0.15, -0.1) is 0 Å². The van der Waals surface area contributed by atoms with Crippen LogP contribution < -0.4 is 15.8 Å². The van der Waals surface area contributed by atoms with Crippen LogP contribution in [0, 0.1) is 0 Å². The van der Waals surface area contributed by atoms with Crippen LogP contribution in [0.3, 0.4) is 0 Å². The van der Waals surface area contributed by atoms with E-state index >= 15 is 0 Å². The molecule has 2 aromatic rings. The minimum atomic E-state index is -4.76. The summed E-state index contributed by atoms with van der Waals surface area (Å²) < 4.78 is 39.1. The molecule has 0 radical (unpaired) electrons. The van der Waals surface area contributed by atoms with Gasteiger partial charge in [-0.3, -0.25) is 9.59 Å². The number of rotatable bonds is 4. The zero-order valence-electron chi connectivity index (χ0n) is 15.2. The Morgan fingerprint density at radius 2 is 1.89 bits per heavy atom. The third-order valence-corrected chi connectivity index (χ3v) is 4.50. The molecule has 10 heteroatoms. The number of piperazine rings is 1. The Labute approximate surface area is 159 Å². The highest BCUT2D eigenvalue weighted by Crippen LogP contribution is 2.26. The van der Waals surface area contributed by atoms with E-state index in [4.69, 9.17) is 0 Å². The van der Waals surface area contributed by atoms with E-state index in [-0.39, 0.29) is 0 Å². The van der Waals surface area contributed by atoms with Gasteiger partial charge in [-0.2, -0.15) is 13.2 Å². The highest BCUT2D eigenvalue weighted by molar-refractivity contribution is 5.90. The number of anilines is 2. The summed E-state index contributed by atoms with van der Waals surface area (Å²) in [7, 11) is 2.05. The summed E-state index contributed by atoms with van der Waals surface area (Å²) in [4.78, 5) is 32.7. The maximum absolute atomic E-state index is 12.8. The van der Waals surface area contributed by atoms with Crippen LogP contribution in [0.25, 0.3) is 0 Å². The van der Waals surface area contributed by atoms with Crippen LogP contribution in [0.2, 0.25) is 0 Å². The molecule has 3 heterocycles. The first-order valence-electron chi connectivity index (χ1n) is 8.70. The summed E-state index contributed by atoms with van der Waals surface area (Å²) >= 11 is 0. The van der Waals surface area contributed by atoms with Crippen molar-refractivity contribution < 1.29 is 18.0 Å². The second kappa shape index (κ2) is 8.01. The number of nitrogens with one attached hydrogen (secondary N) is 1. The highest BCUT2D eigenvalue weighted by atomic mass is 19.4. The molecule has 0 bridgehead atoms. The lowest BCUT2D eigenvalue weighted by Gasteiger charge is -2.33. The first-order valence-corrected chi connectivity index (χ1v) is 8.70. The number of hydrogen-bond donors (Lipinski definition) is 1. The summed E-state index contributed by atoms with van der Waals surface area (Å²) in [5, 5.41) is 2.54. The Morgan fingerprint density at radius 1 is 1.18 bits per heavy atom. The zero-order chi connectivity index (χ0) is 20.3. The first kappa shape index (κ1) is 19.9. The smallest absolute Gasteiger partial charge is 0.354 e. The first-order chi connectivity index (χ1) is 13.2. The number of alkyl halides is 3. The lowest BCUT2D eigenvalue weighted by molar-refractivity contribution is -0.139. The van der Waals surface area contributed by atoms with Crippen molar-refractivity contribution in [2.75, 3.05) is 43.4 Å². The molecule has 1 amide bonds. The predicted octanol–water partition coefficient (Wildman–Crippen LogP) is 1.65. The van der Waals surface area contributed by atoms with Crippen molar-refractivity contribution in [1.82, 2.24) is 14.5 Å². The van der Waals surface area contributed by atoms with Gasteiger partial charge in [-0.25, -0.2) is 4.98 Å². The van der Waals surface area contributed by atoms with Crippen LogP contribution in [0.5, 0.6) is 0 Å². The topological polar surface area (TPSA) is 70.5 Å². The average Bonchev–Trinajstić information content (AvgIpc) is 2.64. The van der Waals surface area contributed by atoms with E-state index in [0.717, 1.165) is 48.8 Å². The fourth-order valence-corrected chi connectivity index (χ4v) is 2.91. The van der Waals surface area contributed by atoms with E-state index in [9.17, 15) is 22.8 Å². The van der Waals surface area contributed by atoms with Gasteiger partial charge in [0.05, 0.1) is 11.9 Å². The number of aromatic nitrogens is 2. The van der Waals surface area contributed by atoms with Crippen LogP contribution in [0.1, 0.15) is 5.56 Å². The van der Waals surface area contributed by atoms with Crippen LogP contribution in [-0.2, 0) is 17.5 Å². The molecular weight excluding hydrogens is 375 g/mol. The van der Waals surface area contributed by atoms with Gasteiger partial charge < -0.3 is 19.7 Å². The molecule has 0 aromatic carbocycles. The molecule has 1 aliphatic heterocycles. The fourth-order valence-electron chi connectivity index (χ4n) is 2.91. The Balaban J connectivity index is 1.63. The van der Waals surface area contributed by atoms with E-state index in [2.05, 4.69) is 27.1 Å². The maximum atomic E-state index is 12.8. The minimum Gasteiger partial charge on any atom is -0.354 e. The van der Waals surface area contributed by atoms with Crippen molar-refractivity contribution in [3.05, 3.63) is 52.6 Å². The molecule has 0 atom stereocenters. The van der Waals surface area contributed by atoms with Gasteiger partial charge in [-0.05, 0) is 31.3 Å². The maximum Gasteiger partial charge on any atom is 0.421 e. The van der Waals surface area contributed by atoms with Gasteiger partial charge in [0.15, 0.2) is 0 Å². The van der Waals surface area contributed by atoms with Crippen molar-refractivity contribution in [2.45, 2.75) is 12.7 Å². The second-order valence-corrected chi connectivity index (χ2v) is 6.60. The molecule has 1 aliphatic rings. The Morgan fingerprint density at radius 3 is 2.50 bits per heavy atom. The molecule has 150 valence electrons. The number of amides is 1. The second-order valence-electron chi connectivity index (χ2n) is 6.60. The van der Waals surface area contributed by atoms with Crippen molar-refractivity contribution in [2.24, 2.45) is 0 Å². The van der Waals surface area contributed by atoms with Crippen molar-refractivity contribution in [1.29, 1.82) is 0 Å². The molecular formula is C18H20F3N5O2. The number of halogens is 3. The number of carbonyl (C=O) groups excluding carboxylic acids is 1. The van der Waals surface area contributed by atoms with E-state index in [0.29, 0.717) is 11.8 Å². The van der Waals surface area contributed by atoms with Crippen LogP contribution >= 0.6 is 0 Å². The fraction of sp³-hybridized carbons (Fsp3) is 0.389. The van der Waals surface area contributed by atoms with Gasteiger partial charge in [0, 0.05) is 32.4 Å². The van der Waals surface area contributed by atoms with Crippen LogP contribution in [-0.4, -0.2) is 53.6 Å². The number of hydrogen-bond acceptors (Lipinski definition) is 5. The number of likely N-dealkylation sites (N-methyl/N-ethyl adjacent to an activating group) is 1. The summed E-state index contributed by atoms with van der Waals surface area (Å²) in [6.07, 6.45) is -2.13. The van der Waals surface area contributed by atoms with Crippen LogP contribution in [0.15, 0.2) is 41.5 Å². The quantitative estimate of drug-likeness (QED) is 0.853. The summed E-state index contributed by atoms with van der Waals surface area (Å²) in [6.45, 7) is 3.06. The summed E-state index contributed by atoms with van der Waals surface area (Å²) in [6, 6.07) is 5.23. The lowest BCUT2D eigenvalue weighted by atomic mass is 10.2. The highest BCUT2D eigenvalue weighted by Gasteiger charge is 2.34. The molecule has 0 unspecified atom stereocenters. The molecule has 1 fully saturated rings. The van der Waals surface area contributed by atoms with Gasteiger partial charge in [0.25, 0.3) is 5.56 Å². The molecule has 2 aromatic heterocycles. The predicted molar refractivity (Wildman–Crippen MR) is 98.3 cm³/mol. The van der Waals surface area contributed by atoms with Gasteiger partial charge >= 0.3 is 6.18 Å². The zero-order valence-corrected chi connectivity index (χ0v) is 15.2. The van der Waals surface area contributed by atoms with E-state index in [1.807, 2.05) is 0 Å². The summed E-state index contributed by atoms with van der Waals surface area (Å²) in [5.41, 5.74) is -2.16. The third kappa shape index (κ3) is 4.69. The van der Waals surface area contributed by atoms with E-state index < -0.39 is 29.8 Å². The van der Waals surface area contributed by atoms with Crippen molar-refractivity contribution in [3.8, 4) is 0 Å². The third-order valence-electron chi connectivity index (χ3n) is 4.50. The molecule has 28 heavy (non-hydrogen) atoms. The number of carbonyl (C=O) groups is 1. The minimum absolute atomic E-state index is 0.405. The molecule has 0 spiro atoms. The number of pyridine rings is 2. The van der Waals surface area contributed by atoms with E-state index in [1.165, 1.54) is 6.20 Å². The molecule has 7 nitrogen and oxygen atoms in total. The molecule has 0 aliphatic carbocycles. The van der Waals surface area contributed by atoms with Gasteiger partial charge in [0.2, 0.25) is 5.91 Å². The largest absolute Gasteiger partial charge is 0.421 e. The molecule has 1 saturated heterocycles. The van der Waals surface area contributed by atoms with E-state index in [1.54, 1.807) is 12.1 Å². The van der Waals surface area contributed by atoms with Crippen molar-refractivity contribution in [3.63, 3.8) is 0 Å². The Hall–Kier alpha value is -2.88. The molecule has 1 N–H and O–H groups in total. The van der Waals surface area contributed by atoms with Gasteiger partial charge in [0.1, 0.15) is 17.9 Å². The summed E-state index contributed by atoms with van der Waals surface area (Å²) in [5.74, 6) is 0.177. The normalized spacial score (nSPS) is 15.5. The SMILES string of the molecule is CN1CCN(c2ccc(NC(=O)Cn3cccc(C(F)(F)F)c3=O)cn2)CC1. The molecule has 3 rings (SSSR count). The Kier molecular flexibility index (Phi) is 5.68. The van der Waals surface area contributed by atoms with Crippen molar-refractivity contribution >= 4 is 17.4 Å². The van der Waals surface area contributed by atoms with Crippen LogP contribution in [0.4, 0.5) is 24.7 Å². The Bertz CT molecular complexity index is 887. The molecule has 0 saturated carbocycles. The van der Waals surface area contributed by atoms with Gasteiger partial charge in [-0.1, -0.05) is 0 Å². The number of nitrogens with zero attached hydrogens (tertiary/aromatic N) is 4. The standard InChI is InChI=1S/C18H20F3N5O2/c1-24-7-9-25(10-8-24)15-5-4-13(11-22-15)23-16(27)12-26-6-2-3-14(17(26)28)18(19,20)21/h2-6,11H,7-10,12H2,1H3,(H,23,27). The monoisotopic (exact) mass is 395 g/mol.